The Kier molecular flexibility index (Phi) is 6.36. The largest absolute Gasteiger partial charge is 0.358 e. The molecule has 0 aliphatic heterocycles. The first-order chi connectivity index (χ1) is 8.67. The van der Waals surface area contributed by atoms with E-state index in [0.717, 1.165) is 24.8 Å². The van der Waals surface area contributed by atoms with E-state index in [1.807, 2.05) is 0 Å². The third-order valence-corrected chi connectivity index (χ3v) is 2.91. The zero-order valence-corrected chi connectivity index (χ0v) is 11.0. The maximum absolute atomic E-state index is 12.9. The van der Waals surface area contributed by atoms with Crippen molar-refractivity contribution >= 4 is 5.91 Å². The summed E-state index contributed by atoms with van der Waals surface area (Å²) in [6, 6.07) is 6.55. The van der Waals surface area contributed by atoms with Gasteiger partial charge < -0.3 is 10.6 Å². The molecule has 2 N–H and O–H groups in total. The molecule has 100 valence electrons. The lowest BCUT2D eigenvalue weighted by atomic mass is 10.0. The average Bonchev–Trinajstić information content (AvgIpc) is 2.40. The van der Waals surface area contributed by atoms with Gasteiger partial charge in [-0.3, -0.25) is 4.79 Å². The third kappa shape index (κ3) is 4.84. The highest BCUT2D eigenvalue weighted by atomic mass is 19.1. The minimum Gasteiger partial charge on any atom is -0.358 e. The van der Waals surface area contributed by atoms with Crippen molar-refractivity contribution in [3.05, 3.63) is 35.6 Å². The van der Waals surface area contributed by atoms with Gasteiger partial charge in [0, 0.05) is 13.1 Å². The number of nitrogens with one attached hydrogen (secondary N) is 2. The molecule has 1 atom stereocenters. The molecule has 0 fully saturated rings. The minimum atomic E-state index is -0.237. The maximum atomic E-state index is 12.9. The van der Waals surface area contributed by atoms with Crippen LogP contribution in [0.25, 0.3) is 0 Å². The Morgan fingerprint density at radius 2 is 2.00 bits per heavy atom. The van der Waals surface area contributed by atoms with E-state index < -0.39 is 0 Å². The van der Waals surface area contributed by atoms with Gasteiger partial charge in [-0.15, -0.1) is 0 Å². The van der Waals surface area contributed by atoms with Crippen LogP contribution in [0.1, 0.15) is 37.8 Å². The predicted octanol–water partition coefficient (Wildman–Crippen LogP) is 2.39. The Hall–Kier alpha value is -1.42. The van der Waals surface area contributed by atoms with Gasteiger partial charge in [0.25, 0.3) is 0 Å². The van der Waals surface area contributed by atoms with Gasteiger partial charge in [0.2, 0.25) is 5.91 Å². The number of halogens is 1. The fourth-order valence-corrected chi connectivity index (χ4v) is 1.79. The molecule has 4 heteroatoms. The minimum absolute atomic E-state index is 0.0430. The average molecular weight is 252 g/mol. The molecule has 0 heterocycles. The van der Waals surface area contributed by atoms with Gasteiger partial charge in [0.05, 0.1) is 6.54 Å². The van der Waals surface area contributed by atoms with Crippen LogP contribution in [0.5, 0.6) is 0 Å². The van der Waals surface area contributed by atoms with E-state index in [1.54, 1.807) is 19.2 Å². The molecular formula is C14H21FN2O. The molecule has 0 saturated heterocycles. The number of unbranched alkanes of at least 4 members (excludes halogenated alkanes) is 1. The zero-order valence-electron chi connectivity index (χ0n) is 11.0. The Morgan fingerprint density at radius 3 is 2.56 bits per heavy atom. The maximum Gasteiger partial charge on any atom is 0.233 e. The zero-order chi connectivity index (χ0) is 13.4. The van der Waals surface area contributed by atoms with E-state index in [2.05, 4.69) is 17.6 Å². The molecule has 1 aromatic rings. The highest BCUT2D eigenvalue weighted by Crippen LogP contribution is 2.19. The van der Waals surface area contributed by atoms with Gasteiger partial charge in [-0.05, 0) is 24.1 Å². The van der Waals surface area contributed by atoms with Crippen LogP contribution in [0, 0.1) is 5.82 Å². The molecular weight excluding hydrogens is 231 g/mol. The van der Waals surface area contributed by atoms with Crippen LogP contribution in [-0.2, 0) is 4.79 Å². The summed E-state index contributed by atoms with van der Waals surface area (Å²) < 4.78 is 12.9. The second kappa shape index (κ2) is 7.82. The molecule has 1 aromatic carbocycles. The van der Waals surface area contributed by atoms with Gasteiger partial charge in [-0.25, -0.2) is 4.39 Å². The Morgan fingerprint density at radius 1 is 1.33 bits per heavy atom. The molecule has 3 nitrogen and oxygen atoms in total. The molecule has 0 saturated carbocycles. The first kappa shape index (κ1) is 14.6. The van der Waals surface area contributed by atoms with Crippen molar-refractivity contribution < 1.29 is 9.18 Å². The summed E-state index contributed by atoms with van der Waals surface area (Å²) in [6.07, 6.45) is 3.11. The molecule has 1 unspecified atom stereocenters. The summed E-state index contributed by atoms with van der Waals surface area (Å²) in [5.41, 5.74) is 1.02. The van der Waals surface area contributed by atoms with Crippen molar-refractivity contribution in [2.75, 3.05) is 13.6 Å². The van der Waals surface area contributed by atoms with Crippen LogP contribution in [0.15, 0.2) is 24.3 Å². The van der Waals surface area contributed by atoms with Crippen LogP contribution < -0.4 is 10.6 Å². The molecule has 18 heavy (non-hydrogen) atoms. The summed E-state index contributed by atoms with van der Waals surface area (Å²) in [5.74, 6) is -0.280. The topological polar surface area (TPSA) is 41.1 Å². The van der Waals surface area contributed by atoms with Crippen molar-refractivity contribution in [1.29, 1.82) is 0 Å². The molecule has 0 spiro atoms. The smallest absolute Gasteiger partial charge is 0.233 e. The molecule has 1 rings (SSSR count). The fourth-order valence-electron chi connectivity index (χ4n) is 1.79. The lowest BCUT2D eigenvalue weighted by Crippen LogP contribution is -2.33. The van der Waals surface area contributed by atoms with Gasteiger partial charge in [0.15, 0.2) is 0 Å². The number of amides is 1. The molecule has 0 aromatic heterocycles. The highest BCUT2D eigenvalue weighted by Gasteiger charge is 2.11. The van der Waals surface area contributed by atoms with E-state index in [9.17, 15) is 9.18 Å². The summed E-state index contributed by atoms with van der Waals surface area (Å²) in [4.78, 5) is 11.2. The van der Waals surface area contributed by atoms with Crippen LogP contribution in [0.4, 0.5) is 4.39 Å². The van der Waals surface area contributed by atoms with E-state index in [-0.39, 0.29) is 24.3 Å². The Bertz CT molecular complexity index is 365. The molecule has 0 aliphatic carbocycles. The highest BCUT2D eigenvalue weighted by molar-refractivity contribution is 5.77. The van der Waals surface area contributed by atoms with Crippen molar-refractivity contribution in [3.8, 4) is 0 Å². The van der Waals surface area contributed by atoms with Crippen LogP contribution in [0.3, 0.4) is 0 Å². The lowest BCUT2D eigenvalue weighted by molar-refractivity contribution is -0.119. The van der Waals surface area contributed by atoms with Gasteiger partial charge >= 0.3 is 0 Å². The van der Waals surface area contributed by atoms with Crippen LogP contribution in [0.2, 0.25) is 0 Å². The summed E-state index contributed by atoms with van der Waals surface area (Å²) in [5, 5.41) is 5.78. The summed E-state index contributed by atoms with van der Waals surface area (Å²) >= 11 is 0. The number of hydrogen-bond donors (Lipinski definition) is 2. The van der Waals surface area contributed by atoms with E-state index >= 15 is 0 Å². The standard InChI is InChI=1S/C14H21FN2O/c1-3-4-5-13(17-10-14(18)16-2)11-6-8-12(15)9-7-11/h6-9,13,17H,3-5,10H2,1-2H3,(H,16,18). The monoisotopic (exact) mass is 252 g/mol. The molecule has 0 aliphatic rings. The second-order valence-corrected chi connectivity index (χ2v) is 4.30. The fraction of sp³-hybridized carbons (Fsp3) is 0.500. The number of carbonyl (C=O) groups is 1. The molecule has 0 radical (unpaired) electrons. The number of rotatable bonds is 7. The van der Waals surface area contributed by atoms with Gasteiger partial charge in [-0.2, -0.15) is 0 Å². The molecule has 0 bridgehead atoms. The van der Waals surface area contributed by atoms with Crippen molar-refractivity contribution in [1.82, 2.24) is 10.6 Å². The summed E-state index contributed by atoms with van der Waals surface area (Å²) in [6.45, 7) is 2.41. The van der Waals surface area contributed by atoms with E-state index in [0.29, 0.717) is 0 Å². The number of carbonyl (C=O) groups excluding carboxylic acids is 1. The van der Waals surface area contributed by atoms with Crippen molar-refractivity contribution in [2.24, 2.45) is 0 Å². The first-order valence-corrected chi connectivity index (χ1v) is 6.36. The van der Waals surface area contributed by atoms with Crippen LogP contribution >= 0.6 is 0 Å². The second-order valence-electron chi connectivity index (χ2n) is 4.30. The summed E-state index contributed by atoms with van der Waals surface area (Å²) in [7, 11) is 1.61. The van der Waals surface area contributed by atoms with Crippen LogP contribution in [-0.4, -0.2) is 19.5 Å². The third-order valence-electron chi connectivity index (χ3n) is 2.91. The number of likely N-dealkylation sites (N-methyl/N-ethyl adjacent to an activating group) is 1. The van der Waals surface area contributed by atoms with Gasteiger partial charge in [0.1, 0.15) is 5.82 Å². The van der Waals surface area contributed by atoms with Gasteiger partial charge in [-0.1, -0.05) is 31.9 Å². The predicted molar refractivity (Wildman–Crippen MR) is 70.7 cm³/mol. The normalized spacial score (nSPS) is 12.2. The molecule has 1 amide bonds. The lowest BCUT2D eigenvalue weighted by Gasteiger charge is -2.18. The van der Waals surface area contributed by atoms with E-state index in [4.69, 9.17) is 0 Å². The SMILES string of the molecule is CCCCC(NCC(=O)NC)c1ccc(F)cc1. The van der Waals surface area contributed by atoms with Crippen molar-refractivity contribution in [2.45, 2.75) is 32.2 Å². The van der Waals surface area contributed by atoms with E-state index in [1.165, 1.54) is 12.1 Å². The Labute approximate surface area is 108 Å². The van der Waals surface area contributed by atoms with Crippen molar-refractivity contribution in [3.63, 3.8) is 0 Å². The first-order valence-electron chi connectivity index (χ1n) is 6.36. The number of hydrogen-bond acceptors (Lipinski definition) is 2. The quantitative estimate of drug-likeness (QED) is 0.782. The number of benzene rings is 1. The Balaban J connectivity index is 2.64.